The summed E-state index contributed by atoms with van der Waals surface area (Å²) in [6.07, 6.45) is -2.30. The Morgan fingerprint density at radius 3 is 2.15 bits per heavy atom. The van der Waals surface area contributed by atoms with Gasteiger partial charge in [-0.05, 0) is 67.1 Å². The molecule has 0 amide bonds. The highest BCUT2D eigenvalue weighted by atomic mass is 32.2. The highest BCUT2D eigenvalue weighted by Crippen LogP contribution is 2.27. The molecule has 12 nitrogen and oxygen atoms in total. The van der Waals surface area contributed by atoms with E-state index in [0.29, 0.717) is 25.1 Å². The summed E-state index contributed by atoms with van der Waals surface area (Å²) in [5.41, 5.74) is 1.96. The standard InChI is InChI=1S/C30H41N5O5S.C2HF3O2/c1-23(2)29-32-30(40-33-29)35-16-12-24(13-17-35)22-39-27-8-4-25(5-9-27)26-6-10-28(11-7-26)41(36,37)31-14-3-15-34-18-20-38-21-19-34;3-2(4,5)1(6)7/h4-11,23-24,31H,3,12-22H2,1-2H3;(H,6,7). The van der Waals surface area contributed by atoms with Gasteiger partial charge < -0.3 is 24.0 Å². The molecule has 0 bridgehead atoms. The third kappa shape index (κ3) is 11.2. The molecule has 0 atom stereocenters. The van der Waals surface area contributed by atoms with Crippen LogP contribution in [0.1, 0.15) is 44.9 Å². The Morgan fingerprint density at radius 2 is 1.60 bits per heavy atom. The predicted octanol–water partition coefficient (Wildman–Crippen LogP) is 4.79. The fourth-order valence-corrected chi connectivity index (χ4v) is 6.16. The van der Waals surface area contributed by atoms with Crippen molar-refractivity contribution >= 4 is 22.0 Å². The molecule has 0 saturated carbocycles. The Morgan fingerprint density at radius 1 is 1.02 bits per heavy atom. The van der Waals surface area contributed by atoms with E-state index in [1.54, 1.807) is 12.1 Å². The quantitative estimate of drug-likeness (QED) is 0.252. The SMILES string of the molecule is CC(C)c1noc(N2CCC(COc3ccc(-c4ccc(S(=O)(=O)NCCCN5CCOCC5)cc4)cc3)CC2)n1.O=C(O)C(F)(F)F. The molecule has 2 fully saturated rings. The third-order valence-electron chi connectivity index (χ3n) is 7.96. The van der Waals surface area contributed by atoms with Crippen LogP contribution in [0.2, 0.25) is 0 Å². The van der Waals surface area contributed by atoms with Crippen LogP contribution in [0.4, 0.5) is 19.2 Å². The van der Waals surface area contributed by atoms with Crippen molar-refractivity contribution in [2.24, 2.45) is 5.92 Å². The summed E-state index contributed by atoms with van der Waals surface area (Å²) in [5, 5.41) is 11.2. The van der Waals surface area contributed by atoms with E-state index < -0.39 is 22.2 Å². The van der Waals surface area contributed by atoms with E-state index in [0.717, 1.165) is 87.9 Å². The van der Waals surface area contributed by atoms with Crippen LogP contribution in [0.5, 0.6) is 5.75 Å². The molecule has 5 rings (SSSR count). The molecule has 2 aromatic carbocycles. The summed E-state index contributed by atoms with van der Waals surface area (Å²) in [6.45, 7) is 11.1. The number of nitrogens with zero attached hydrogens (tertiary/aromatic N) is 4. The second-order valence-electron chi connectivity index (χ2n) is 11.9. The lowest BCUT2D eigenvalue weighted by molar-refractivity contribution is -0.192. The summed E-state index contributed by atoms with van der Waals surface area (Å²) in [4.78, 5) is 18.1. The van der Waals surface area contributed by atoms with Gasteiger partial charge in [-0.1, -0.05) is 43.3 Å². The van der Waals surface area contributed by atoms with E-state index in [-0.39, 0.29) is 10.8 Å². The fraction of sp³-hybridized carbons (Fsp3) is 0.531. The third-order valence-corrected chi connectivity index (χ3v) is 9.44. The van der Waals surface area contributed by atoms with Crippen LogP contribution in [0, 0.1) is 5.92 Å². The Kier molecular flexibility index (Phi) is 13.2. The maximum atomic E-state index is 12.7. The number of aromatic nitrogens is 2. The van der Waals surface area contributed by atoms with Crippen molar-refractivity contribution in [1.82, 2.24) is 19.8 Å². The molecule has 1 aromatic heterocycles. The number of sulfonamides is 1. The van der Waals surface area contributed by atoms with Gasteiger partial charge in [-0.3, -0.25) is 4.90 Å². The predicted molar refractivity (Wildman–Crippen MR) is 171 cm³/mol. The molecule has 2 aliphatic rings. The van der Waals surface area contributed by atoms with Gasteiger partial charge in [0.05, 0.1) is 24.7 Å². The number of ether oxygens (including phenoxy) is 2. The Bertz CT molecular complexity index is 1540. The first-order valence-corrected chi connectivity index (χ1v) is 17.3. The molecule has 48 heavy (non-hydrogen) atoms. The molecular weight excluding hydrogens is 655 g/mol. The summed E-state index contributed by atoms with van der Waals surface area (Å²) in [7, 11) is -3.54. The summed E-state index contributed by atoms with van der Waals surface area (Å²) in [5.74, 6) is -0.454. The first-order valence-electron chi connectivity index (χ1n) is 15.8. The molecule has 2 aliphatic heterocycles. The van der Waals surface area contributed by atoms with E-state index in [2.05, 4.69) is 38.5 Å². The lowest BCUT2D eigenvalue weighted by Gasteiger charge is -2.30. The van der Waals surface area contributed by atoms with E-state index in [1.165, 1.54) is 0 Å². The van der Waals surface area contributed by atoms with E-state index in [9.17, 15) is 21.6 Å². The van der Waals surface area contributed by atoms with Gasteiger partial charge in [-0.25, -0.2) is 17.9 Å². The van der Waals surface area contributed by atoms with Crippen LogP contribution in [0.3, 0.4) is 0 Å². The molecular formula is C32H42F3N5O7S. The number of anilines is 1. The lowest BCUT2D eigenvalue weighted by Crippen LogP contribution is -2.38. The number of carboxylic acids is 1. The molecule has 3 aromatic rings. The van der Waals surface area contributed by atoms with Crippen LogP contribution in [-0.4, -0.2) is 99.8 Å². The number of rotatable bonds is 12. The zero-order valence-corrected chi connectivity index (χ0v) is 27.8. The van der Waals surface area contributed by atoms with E-state index in [1.807, 2.05) is 36.4 Å². The molecule has 264 valence electrons. The molecule has 2 saturated heterocycles. The number of aliphatic carboxylic acids is 1. The van der Waals surface area contributed by atoms with E-state index >= 15 is 0 Å². The summed E-state index contributed by atoms with van der Waals surface area (Å²) in [6, 6.07) is 15.6. The Labute approximate surface area is 278 Å². The first kappa shape index (κ1) is 37.1. The lowest BCUT2D eigenvalue weighted by atomic mass is 9.98. The maximum absolute atomic E-state index is 12.7. The number of morpholine rings is 1. The Balaban J connectivity index is 0.000000671. The number of carboxylic acid groups (broad SMARTS) is 1. The van der Waals surface area contributed by atoms with Crippen molar-refractivity contribution in [2.45, 2.75) is 50.1 Å². The maximum Gasteiger partial charge on any atom is 0.490 e. The minimum atomic E-state index is -5.08. The van der Waals surface area contributed by atoms with Gasteiger partial charge in [0.1, 0.15) is 5.75 Å². The van der Waals surface area contributed by atoms with Gasteiger partial charge in [-0.15, -0.1) is 0 Å². The highest BCUT2D eigenvalue weighted by Gasteiger charge is 2.38. The van der Waals surface area contributed by atoms with Gasteiger partial charge in [0, 0.05) is 38.6 Å². The van der Waals surface area contributed by atoms with Crippen LogP contribution in [-0.2, 0) is 19.6 Å². The molecule has 3 heterocycles. The average Bonchev–Trinajstić information content (AvgIpc) is 3.58. The van der Waals surface area contributed by atoms with Crippen molar-refractivity contribution in [3.63, 3.8) is 0 Å². The minimum Gasteiger partial charge on any atom is -0.493 e. The largest absolute Gasteiger partial charge is 0.493 e. The van der Waals surface area contributed by atoms with Gasteiger partial charge in [-0.2, -0.15) is 18.2 Å². The topological polar surface area (TPSA) is 147 Å². The molecule has 2 N–H and O–H groups in total. The van der Waals surface area contributed by atoms with Crippen LogP contribution in [0.25, 0.3) is 11.1 Å². The molecule has 0 spiro atoms. The summed E-state index contributed by atoms with van der Waals surface area (Å²) < 4.78 is 76.8. The molecule has 0 aliphatic carbocycles. The smallest absolute Gasteiger partial charge is 0.490 e. The van der Waals surface area contributed by atoms with Gasteiger partial charge in [0.15, 0.2) is 5.82 Å². The van der Waals surface area contributed by atoms with Gasteiger partial charge in [0.2, 0.25) is 10.0 Å². The summed E-state index contributed by atoms with van der Waals surface area (Å²) >= 11 is 0. The van der Waals surface area contributed by atoms with Gasteiger partial charge in [0.25, 0.3) is 0 Å². The minimum absolute atomic E-state index is 0.253. The number of hydrogen-bond donors (Lipinski definition) is 2. The second kappa shape index (κ2) is 17.1. The average molecular weight is 698 g/mol. The van der Waals surface area contributed by atoms with Crippen LogP contribution >= 0.6 is 0 Å². The number of halogens is 3. The zero-order chi connectivity index (χ0) is 34.7. The highest BCUT2D eigenvalue weighted by molar-refractivity contribution is 7.89. The second-order valence-corrected chi connectivity index (χ2v) is 13.7. The normalized spacial score (nSPS) is 16.4. The fourth-order valence-electron chi connectivity index (χ4n) is 5.08. The van der Waals surface area contributed by atoms with Crippen molar-refractivity contribution in [3.8, 4) is 16.9 Å². The first-order chi connectivity index (χ1) is 22.8. The van der Waals surface area contributed by atoms with Gasteiger partial charge >= 0.3 is 18.2 Å². The van der Waals surface area contributed by atoms with Crippen molar-refractivity contribution < 1.29 is 45.5 Å². The van der Waals surface area contributed by atoms with Crippen molar-refractivity contribution in [3.05, 3.63) is 54.4 Å². The van der Waals surface area contributed by atoms with E-state index in [4.69, 9.17) is 23.9 Å². The molecule has 0 radical (unpaired) electrons. The number of carbonyl (C=O) groups is 1. The molecule has 16 heteroatoms. The number of alkyl halides is 3. The monoisotopic (exact) mass is 697 g/mol. The van der Waals surface area contributed by atoms with Crippen LogP contribution in [0.15, 0.2) is 57.9 Å². The number of nitrogens with one attached hydrogen (secondary N) is 1. The van der Waals surface area contributed by atoms with Crippen molar-refractivity contribution in [1.29, 1.82) is 0 Å². The van der Waals surface area contributed by atoms with Crippen molar-refractivity contribution in [2.75, 3.05) is 64.0 Å². The molecule has 0 unspecified atom stereocenters. The number of hydrogen-bond acceptors (Lipinski definition) is 10. The number of piperidine rings is 1. The zero-order valence-electron chi connectivity index (χ0n) is 27.0. The number of benzene rings is 2. The van der Waals surface area contributed by atoms with Crippen LogP contribution < -0.4 is 14.4 Å². The Hall–Kier alpha value is -3.73.